The quantitative estimate of drug-likeness (QED) is 0.358. The number of hydrogen-bond donors (Lipinski definition) is 1. The predicted octanol–water partition coefficient (Wildman–Crippen LogP) is 5.39. The maximum Gasteiger partial charge on any atom is 0.241 e. The van der Waals surface area contributed by atoms with Gasteiger partial charge in [-0.3, -0.25) is 9.69 Å². The maximum atomic E-state index is 13.0. The standard InChI is InChI=1S/C27H33BrN4O4/c1-4-34-23-11-8-21(16-24(23)35-5-2)18(3)29-27(33)20-12-14-32(15-13-20)17-25-30-26(31-36-25)19-6-9-22(28)10-7-19/h6-11,16,18,20H,4-5,12-15,17H2,1-3H3,(H,29,33). The lowest BCUT2D eigenvalue weighted by molar-refractivity contribution is -0.127. The molecular formula is C27H33BrN4O4. The minimum absolute atomic E-state index is 0.0150. The van der Waals surface area contributed by atoms with E-state index in [1.165, 1.54) is 0 Å². The van der Waals surface area contributed by atoms with Crippen LogP contribution < -0.4 is 14.8 Å². The number of likely N-dealkylation sites (tertiary alicyclic amines) is 1. The zero-order valence-electron chi connectivity index (χ0n) is 21.0. The van der Waals surface area contributed by atoms with Gasteiger partial charge < -0.3 is 19.3 Å². The highest BCUT2D eigenvalue weighted by molar-refractivity contribution is 9.10. The second-order valence-corrected chi connectivity index (χ2v) is 9.79. The second kappa shape index (κ2) is 12.4. The van der Waals surface area contributed by atoms with E-state index >= 15 is 0 Å². The molecule has 1 fully saturated rings. The molecular weight excluding hydrogens is 524 g/mol. The van der Waals surface area contributed by atoms with Crippen LogP contribution in [0.25, 0.3) is 11.4 Å². The Morgan fingerprint density at radius 2 is 1.81 bits per heavy atom. The van der Waals surface area contributed by atoms with E-state index in [9.17, 15) is 4.79 Å². The highest BCUT2D eigenvalue weighted by atomic mass is 79.9. The number of carbonyl (C=O) groups excluding carboxylic acids is 1. The molecule has 9 heteroatoms. The Morgan fingerprint density at radius 3 is 2.50 bits per heavy atom. The van der Waals surface area contributed by atoms with E-state index in [-0.39, 0.29) is 17.9 Å². The molecule has 0 aliphatic carbocycles. The van der Waals surface area contributed by atoms with Crippen LogP contribution in [-0.2, 0) is 11.3 Å². The van der Waals surface area contributed by atoms with Gasteiger partial charge in [-0.1, -0.05) is 27.2 Å². The number of halogens is 1. The number of piperidine rings is 1. The van der Waals surface area contributed by atoms with E-state index < -0.39 is 0 Å². The van der Waals surface area contributed by atoms with Gasteiger partial charge in [0, 0.05) is 16.0 Å². The summed E-state index contributed by atoms with van der Waals surface area (Å²) in [5.74, 6) is 2.67. The number of nitrogens with zero attached hydrogens (tertiary/aromatic N) is 3. The highest BCUT2D eigenvalue weighted by Crippen LogP contribution is 2.31. The van der Waals surface area contributed by atoms with Crippen molar-refractivity contribution in [1.82, 2.24) is 20.4 Å². The number of carbonyl (C=O) groups is 1. The van der Waals surface area contributed by atoms with Crippen LogP contribution in [0, 0.1) is 5.92 Å². The van der Waals surface area contributed by atoms with E-state index in [4.69, 9.17) is 14.0 Å². The van der Waals surface area contributed by atoms with Crippen molar-refractivity contribution in [2.24, 2.45) is 5.92 Å². The molecule has 0 saturated carbocycles. The molecule has 1 atom stereocenters. The Balaban J connectivity index is 1.27. The van der Waals surface area contributed by atoms with Gasteiger partial charge in [-0.05, 0) is 88.7 Å². The number of hydrogen-bond acceptors (Lipinski definition) is 7. The molecule has 36 heavy (non-hydrogen) atoms. The SMILES string of the molecule is CCOc1ccc(C(C)NC(=O)C2CCN(Cc3nc(-c4ccc(Br)cc4)no3)CC2)cc1OCC. The molecule has 1 aliphatic rings. The Kier molecular flexibility index (Phi) is 8.98. The number of ether oxygens (including phenoxy) is 2. The first-order valence-electron chi connectivity index (χ1n) is 12.5. The van der Waals surface area contributed by atoms with Crippen LogP contribution in [0.4, 0.5) is 0 Å². The molecule has 1 saturated heterocycles. The molecule has 1 amide bonds. The van der Waals surface area contributed by atoms with Crippen molar-refractivity contribution >= 4 is 21.8 Å². The molecule has 0 radical (unpaired) electrons. The summed E-state index contributed by atoms with van der Waals surface area (Å²) in [4.78, 5) is 19.8. The summed E-state index contributed by atoms with van der Waals surface area (Å²) >= 11 is 3.44. The van der Waals surface area contributed by atoms with E-state index in [1.54, 1.807) is 0 Å². The Labute approximate surface area is 220 Å². The van der Waals surface area contributed by atoms with E-state index in [2.05, 4.69) is 36.3 Å². The second-order valence-electron chi connectivity index (χ2n) is 8.87. The Bertz CT molecular complexity index is 1140. The molecule has 2 heterocycles. The molecule has 192 valence electrons. The average Bonchev–Trinajstić information content (AvgIpc) is 3.34. The average molecular weight is 557 g/mol. The fraction of sp³-hybridized carbons (Fsp3) is 0.444. The molecule has 1 aliphatic heterocycles. The molecule has 1 unspecified atom stereocenters. The third-order valence-corrected chi connectivity index (χ3v) is 6.84. The van der Waals surface area contributed by atoms with Gasteiger partial charge in [-0.25, -0.2) is 0 Å². The van der Waals surface area contributed by atoms with Gasteiger partial charge in [0.25, 0.3) is 0 Å². The summed E-state index contributed by atoms with van der Waals surface area (Å²) < 4.78 is 17.8. The number of amides is 1. The van der Waals surface area contributed by atoms with Crippen LogP contribution in [0.5, 0.6) is 11.5 Å². The minimum Gasteiger partial charge on any atom is -0.490 e. The number of rotatable bonds is 10. The van der Waals surface area contributed by atoms with E-state index in [1.807, 2.05) is 63.2 Å². The molecule has 0 bridgehead atoms. The minimum atomic E-state index is -0.124. The van der Waals surface area contributed by atoms with Crippen molar-refractivity contribution in [3.05, 3.63) is 58.4 Å². The molecule has 1 N–H and O–H groups in total. The van der Waals surface area contributed by atoms with E-state index in [0.717, 1.165) is 47.3 Å². The summed E-state index contributed by atoms with van der Waals surface area (Å²) in [5, 5.41) is 7.29. The van der Waals surface area contributed by atoms with Crippen molar-refractivity contribution in [3.63, 3.8) is 0 Å². The van der Waals surface area contributed by atoms with Crippen molar-refractivity contribution in [2.45, 2.75) is 46.2 Å². The lowest BCUT2D eigenvalue weighted by atomic mass is 9.95. The van der Waals surface area contributed by atoms with Crippen molar-refractivity contribution < 1.29 is 18.8 Å². The third-order valence-electron chi connectivity index (χ3n) is 6.31. The van der Waals surface area contributed by atoms with Crippen LogP contribution in [-0.4, -0.2) is 47.3 Å². The van der Waals surface area contributed by atoms with Crippen LogP contribution >= 0.6 is 15.9 Å². The third kappa shape index (κ3) is 6.64. The van der Waals surface area contributed by atoms with Gasteiger partial charge in [0.2, 0.25) is 17.6 Å². The zero-order chi connectivity index (χ0) is 25.5. The van der Waals surface area contributed by atoms with Gasteiger partial charge in [0.05, 0.1) is 25.8 Å². The van der Waals surface area contributed by atoms with Crippen LogP contribution in [0.3, 0.4) is 0 Å². The summed E-state index contributed by atoms with van der Waals surface area (Å²) in [7, 11) is 0. The fourth-order valence-electron chi connectivity index (χ4n) is 4.33. The summed E-state index contributed by atoms with van der Waals surface area (Å²) in [6, 6.07) is 13.5. The van der Waals surface area contributed by atoms with Gasteiger partial charge in [-0.2, -0.15) is 4.98 Å². The number of aromatic nitrogens is 2. The Morgan fingerprint density at radius 1 is 1.11 bits per heavy atom. The molecule has 1 aromatic heterocycles. The van der Waals surface area contributed by atoms with E-state index in [0.29, 0.717) is 37.2 Å². The predicted molar refractivity (Wildman–Crippen MR) is 141 cm³/mol. The van der Waals surface area contributed by atoms with Gasteiger partial charge in [0.15, 0.2) is 11.5 Å². The smallest absolute Gasteiger partial charge is 0.241 e. The molecule has 8 nitrogen and oxygen atoms in total. The van der Waals surface area contributed by atoms with Crippen molar-refractivity contribution in [3.8, 4) is 22.9 Å². The highest BCUT2D eigenvalue weighted by Gasteiger charge is 2.27. The summed E-state index contributed by atoms with van der Waals surface area (Å²) in [6.07, 6.45) is 1.58. The van der Waals surface area contributed by atoms with Crippen LogP contribution in [0.1, 0.15) is 51.1 Å². The van der Waals surface area contributed by atoms with Gasteiger partial charge in [-0.15, -0.1) is 0 Å². The Hall–Kier alpha value is -2.91. The lowest BCUT2D eigenvalue weighted by Gasteiger charge is -2.31. The maximum absolute atomic E-state index is 13.0. The van der Waals surface area contributed by atoms with Gasteiger partial charge >= 0.3 is 0 Å². The number of nitrogens with one attached hydrogen (secondary N) is 1. The normalized spacial score (nSPS) is 15.4. The largest absolute Gasteiger partial charge is 0.490 e. The molecule has 3 aromatic rings. The zero-order valence-corrected chi connectivity index (χ0v) is 22.6. The van der Waals surface area contributed by atoms with Crippen LogP contribution in [0.2, 0.25) is 0 Å². The summed E-state index contributed by atoms with van der Waals surface area (Å²) in [5.41, 5.74) is 1.91. The first kappa shape index (κ1) is 26.2. The molecule has 0 spiro atoms. The monoisotopic (exact) mass is 556 g/mol. The van der Waals surface area contributed by atoms with Crippen LogP contribution in [0.15, 0.2) is 51.5 Å². The summed E-state index contributed by atoms with van der Waals surface area (Å²) in [6.45, 7) is 9.21. The first-order valence-corrected chi connectivity index (χ1v) is 13.3. The molecule has 2 aromatic carbocycles. The number of benzene rings is 2. The van der Waals surface area contributed by atoms with Gasteiger partial charge in [0.1, 0.15) is 0 Å². The van der Waals surface area contributed by atoms with Crippen molar-refractivity contribution in [2.75, 3.05) is 26.3 Å². The van der Waals surface area contributed by atoms with Crippen molar-refractivity contribution in [1.29, 1.82) is 0 Å². The first-order chi connectivity index (χ1) is 17.5. The topological polar surface area (TPSA) is 89.7 Å². The fourth-order valence-corrected chi connectivity index (χ4v) is 4.60. The lowest BCUT2D eigenvalue weighted by Crippen LogP contribution is -2.40. The molecule has 4 rings (SSSR count).